The molecule has 272 valence electrons. The Bertz CT molecular complexity index is 1400. The first-order chi connectivity index (χ1) is 22.4. The number of rotatable bonds is 9. The summed E-state index contributed by atoms with van der Waals surface area (Å²) >= 11 is 0. The van der Waals surface area contributed by atoms with E-state index in [1.165, 1.54) is 6.08 Å². The van der Waals surface area contributed by atoms with E-state index in [1.807, 2.05) is 0 Å². The van der Waals surface area contributed by atoms with E-state index in [9.17, 15) is 24.0 Å². The molecule has 7 atom stereocenters. The highest BCUT2D eigenvalue weighted by Gasteiger charge is 2.55. The molecule has 13 nitrogen and oxygen atoms in total. The second-order valence-electron chi connectivity index (χ2n) is 16.5. The van der Waals surface area contributed by atoms with Gasteiger partial charge in [0, 0.05) is 18.5 Å². The van der Waals surface area contributed by atoms with E-state index < -0.39 is 101 Å². The fraction of sp³-hybridized carbons (Fsp3) is 0.667. The van der Waals surface area contributed by atoms with E-state index in [0.717, 1.165) is 0 Å². The summed E-state index contributed by atoms with van der Waals surface area (Å²) in [4.78, 5) is 69.9. The van der Waals surface area contributed by atoms with Crippen molar-refractivity contribution in [2.45, 2.75) is 126 Å². The van der Waals surface area contributed by atoms with Gasteiger partial charge in [-0.2, -0.15) is 0 Å². The summed E-state index contributed by atoms with van der Waals surface area (Å²) in [5.41, 5.74) is -3.31. The van der Waals surface area contributed by atoms with Crippen LogP contribution in [0.15, 0.2) is 36.7 Å². The first-order valence-electron chi connectivity index (χ1n) is 16.4. The molecule has 0 saturated carbocycles. The Morgan fingerprint density at radius 1 is 0.776 bits per heavy atom. The van der Waals surface area contributed by atoms with Crippen LogP contribution in [0.3, 0.4) is 0 Å². The lowest BCUT2D eigenvalue weighted by Crippen LogP contribution is -2.67. The normalized spacial score (nSPS) is 25.2. The van der Waals surface area contributed by atoms with Crippen molar-refractivity contribution < 1.29 is 52.4 Å². The van der Waals surface area contributed by atoms with Crippen molar-refractivity contribution in [2.75, 3.05) is 6.61 Å². The first-order valence-corrected chi connectivity index (χ1v) is 16.4. The van der Waals surface area contributed by atoms with Crippen LogP contribution in [-0.4, -0.2) is 78.2 Å². The van der Waals surface area contributed by atoms with E-state index in [-0.39, 0.29) is 0 Å². The minimum Gasteiger partial charge on any atom is -0.462 e. The van der Waals surface area contributed by atoms with Gasteiger partial charge in [-0.1, -0.05) is 6.07 Å². The monoisotopic (exact) mass is 688 g/mol. The molecule has 0 amide bonds. The van der Waals surface area contributed by atoms with Gasteiger partial charge in [-0.25, -0.2) is 4.79 Å². The van der Waals surface area contributed by atoms with E-state index >= 15 is 0 Å². The average molecular weight is 689 g/mol. The number of ether oxygens (including phenoxy) is 6. The minimum atomic E-state index is -1.44. The Morgan fingerprint density at radius 2 is 1.29 bits per heavy atom. The van der Waals surface area contributed by atoms with Crippen LogP contribution in [0, 0.1) is 21.7 Å². The lowest BCUT2D eigenvalue weighted by Gasteiger charge is -2.47. The van der Waals surface area contributed by atoms with E-state index in [4.69, 9.17) is 28.4 Å². The number of hydrogen-bond donors (Lipinski definition) is 1. The van der Waals surface area contributed by atoms with Crippen LogP contribution in [-0.2, 0) is 52.4 Å². The summed E-state index contributed by atoms with van der Waals surface area (Å²) in [5.74, 6) is -3.10. The Balaban J connectivity index is 2.21. The van der Waals surface area contributed by atoms with Gasteiger partial charge in [0.05, 0.1) is 27.7 Å². The molecule has 0 spiro atoms. The zero-order valence-electron chi connectivity index (χ0n) is 30.7. The Kier molecular flexibility index (Phi) is 12.1. The van der Waals surface area contributed by atoms with Crippen molar-refractivity contribution in [1.82, 2.24) is 10.3 Å². The summed E-state index contributed by atoms with van der Waals surface area (Å²) in [6.07, 6.45) is -1.55. The largest absolute Gasteiger partial charge is 0.462 e. The molecule has 2 aliphatic heterocycles. The summed E-state index contributed by atoms with van der Waals surface area (Å²) < 4.78 is 36.0. The number of carbonyl (C=O) groups is 5. The van der Waals surface area contributed by atoms with Gasteiger partial charge in [-0.3, -0.25) is 29.5 Å². The third-order valence-electron chi connectivity index (χ3n) is 7.58. The molecule has 1 fully saturated rings. The topological polar surface area (TPSA) is 166 Å². The van der Waals surface area contributed by atoms with E-state index in [0.29, 0.717) is 5.56 Å². The van der Waals surface area contributed by atoms with Crippen molar-refractivity contribution in [2.24, 2.45) is 21.7 Å². The highest BCUT2D eigenvalue weighted by molar-refractivity contribution is 5.84. The van der Waals surface area contributed by atoms with Gasteiger partial charge in [-0.15, -0.1) is 0 Å². The second kappa shape index (κ2) is 15.0. The Labute approximate surface area is 288 Å². The van der Waals surface area contributed by atoms with Crippen molar-refractivity contribution >= 4 is 29.8 Å². The van der Waals surface area contributed by atoms with E-state index in [2.05, 4.69) is 10.3 Å². The molecule has 3 heterocycles. The van der Waals surface area contributed by atoms with Crippen molar-refractivity contribution in [3.8, 4) is 0 Å². The highest BCUT2D eigenvalue weighted by Crippen LogP contribution is 2.35. The quantitative estimate of drug-likeness (QED) is 0.287. The molecule has 1 aromatic rings. The minimum absolute atomic E-state index is 0.407. The lowest BCUT2D eigenvalue weighted by atomic mass is 9.92. The van der Waals surface area contributed by atoms with Crippen molar-refractivity contribution in [1.29, 1.82) is 0 Å². The van der Waals surface area contributed by atoms with Crippen LogP contribution in [0.1, 0.15) is 94.7 Å². The van der Waals surface area contributed by atoms with Gasteiger partial charge >= 0.3 is 29.8 Å². The molecule has 1 saturated heterocycles. The molecule has 0 bridgehead atoms. The lowest BCUT2D eigenvalue weighted by molar-refractivity contribution is -0.266. The molecule has 3 rings (SSSR count). The molecule has 0 radical (unpaired) electrons. The number of aromatic nitrogens is 1. The third-order valence-corrected chi connectivity index (χ3v) is 7.58. The Hall–Kier alpha value is -3.84. The average Bonchev–Trinajstić information content (AvgIpc) is 3.41. The maximum atomic E-state index is 13.6. The summed E-state index contributed by atoms with van der Waals surface area (Å²) in [6.45, 7) is 19.5. The SMILES string of the molecule is CC(C)(C)C(=O)OC[C@H]1O[C@@H](N[C@H](c2cccnc2)[C@@H]2C=CC(=O)O2)[C@H](OC(=O)C(C)(C)C)[C@@H](OC(=O)C(C)(C)C)[C@H]1OC(=O)C(C)(C)C. The summed E-state index contributed by atoms with van der Waals surface area (Å²) in [5, 5.41) is 3.30. The molecule has 2 aliphatic rings. The highest BCUT2D eigenvalue weighted by atomic mass is 16.7. The summed E-state index contributed by atoms with van der Waals surface area (Å²) in [7, 11) is 0. The van der Waals surface area contributed by atoms with Gasteiger partial charge < -0.3 is 28.4 Å². The van der Waals surface area contributed by atoms with Crippen molar-refractivity contribution in [3.05, 3.63) is 42.2 Å². The predicted molar refractivity (Wildman–Crippen MR) is 176 cm³/mol. The molecule has 49 heavy (non-hydrogen) atoms. The fourth-order valence-electron chi connectivity index (χ4n) is 4.55. The van der Waals surface area contributed by atoms with Gasteiger partial charge in [0.15, 0.2) is 24.5 Å². The smallest absolute Gasteiger partial charge is 0.331 e. The van der Waals surface area contributed by atoms with Crippen molar-refractivity contribution in [3.63, 3.8) is 0 Å². The molecular formula is C36H52N2O11. The zero-order valence-corrected chi connectivity index (χ0v) is 30.7. The van der Waals surface area contributed by atoms with Crippen LogP contribution in [0.4, 0.5) is 0 Å². The predicted octanol–water partition coefficient (Wildman–Crippen LogP) is 4.38. The van der Waals surface area contributed by atoms with Crippen LogP contribution < -0.4 is 5.32 Å². The number of esters is 5. The maximum absolute atomic E-state index is 13.6. The summed E-state index contributed by atoms with van der Waals surface area (Å²) in [6, 6.07) is 2.66. The third kappa shape index (κ3) is 10.6. The van der Waals surface area contributed by atoms with Crippen LogP contribution in [0.2, 0.25) is 0 Å². The molecule has 1 N–H and O–H groups in total. The van der Waals surface area contributed by atoms with Crippen LogP contribution in [0.25, 0.3) is 0 Å². The number of pyridine rings is 1. The van der Waals surface area contributed by atoms with Gasteiger partial charge in [0.1, 0.15) is 18.8 Å². The maximum Gasteiger partial charge on any atom is 0.331 e. The Morgan fingerprint density at radius 3 is 1.73 bits per heavy atom. The molecule has 1 aromatic heterocycles. The zero-order chi connectivity index (χ0) is 37.1. The number of hydrogen-bond acceptors (Lipinski definition) is 13. The van der Waals surface area contributed by atoms with Gasteiger partial charge in [-0.05, 0) is 101 Å². The van der Waals surface area contributed by atoms with Gasteiger partial charge in [0.25, 0.3) is 0 Å². The fourth-order valence-corrected chi connectivity index (χ4v) is 4.55. The number of cyclic esters (lactones) is 1. The van der Waals surface area contributed by atoms with E-state index in [1.54, 1.807) is 114 Å². The standard InChI is InChI=1S/C36H52N2O11/c1-33(2,3)29(40)44-19-22-25(47-30(41)34(4,5)6)26(48-31(42)35(7,8)9)27(49-32(43)36(10,11)12)28(46-22)38-24(20-14-13-17-37-18-20)21-15-16-23(39)45-21/h13-18,21-22,24-28,38H,19H2,1-12H3/t21-,22+,24+,25-,26-,27+,28+/m0/s1. The number of nitrogens with zero attached hydrogens (tertiary/aromatic N) is 1. The molecule has 0 unspecified atom stereocenters. The number of nitrogens with one attached hydrogen (secondary N) is 1. The number of carbonyl (C=O) groups excluding carboxylic acids is 5. The van der Waals surface area contributed by atoms with Gasteiger partial charge in [0.2, 0.25) is 0 Å². The second-order valence-corrected chi connectivity index (χ2v) is 16.5. The molecule has 0 aromatic carbocycles. The molecular weight excluding hydrogens is 636 g/mol. The van der Waals surface area contributed by atoms with Crippen LogP contribution in [0.5, 0.6) is 0 Å². The molecule has 0 aliphatic carbocycles. The first kappa shape index (κ1) is 39.6. The molecule has 13 heteroatoms. The van der Waals surface area contributed by atoms with Crippen LogP contribution >= 0.6 is 0 Å².